The predicted molar refractivity (Wildman–Crippen MR) is 119 cm³/mol. The molecular formula is C22H23N5O2S. The highest BCUT2D eigenvalue weighted by atomic mass is 32.2. The summed E-state index contributed by atoms with van der Waals surface area (Å²) in [5, 5.41) is 6.28. The van der Waals surface area contributed by atoms with Gasteiger partial charge in [-0.3, -0.25) is 0 Å². The zero-order valence-corrected chi connectivity index (χ0v) is 18.1. The van der Waals surface area contributed by atoms with Gasteiger partial charge in [0.05, 0.1) is 4.90 Å². The van der Waals surface area contributed by atoms with Gasteiger partial charge in [-0.25, -0.2) is 8.42 Å². The molecule has 30 heavy (non-hydrogen) atoms. The maximum atomic E-state index is 11.8. The zero-order valence-electron chi connectivity index (χ0n) is 17.3. The molecule has 0 amide bonds. The summed E-state index contributed by atoms with van der Waals surface area (Å²) in [6, 6.07) is 14.3. The van der Waals surface area contributed by atoms with Crippen LogP contribution in [0, 0.1) is 11.8 Å². The van der Waals surface area contributed by atoms with Crippen LogP contribution in [0.25, 0.3) is 11.4 Å². The Morgan fingerprint density at radius 1 is 0.967 bits per heavy atom. The van der Waals surface area contributed by atoms with Gasteiger partial charge < -0.3 is 10.6 Å². The maximum Gasteiger partial charge on any atom is 0.232 e. The van der Waals surface area contributed by atoms with Crippen molar-refractivity contribution < 1.29 is 8.42 Å². The zero-order chi connectivity index (χ0) is 21.7. The van der Waals surface area contributed by atoms with E-state index in [0.717, 1.165) is 11.1 Å². The van der Waals surface area contributed by atoms with Crippen molar-refractivity contribution >= 4 is 27.4 Å². The lowest BCUT2D eigenvalue weighted by Gasteiger charge is -2.12. The SMILES string of the molecule is CC#Cc1cccc(-c2nc(Nc3cccc(S(C)(=O)=O)c3)nc(NC(C)C)n2)c1. The van der Waals surface area contributed by atoms with E-state index < -0.39 is 9.84 Å². The van der Waals surface area contributed by atoms with E-state index in [0.29, 0.717) is 23.4 Å². The number of hydrogen-bond donors (Lipinski definition) is 2. The summed E-state index contributed by atoms with van der Waals surface area (Å²) in [6.45, 7) is 5.76. The van der Waals surface area contributed by atoms with Gasteiger partial charge in [0.15, 0.2) is 15.7 Å². The van der Waals surface area contributed by atoms with Crippen molar-refractivity contribution in [1.82, 2.24) is 15.0 Å². The first-order valence-corrected chi connectivity index (χ1v) is 11.3. The molecule has 0 aliphatic rings. The Morgan fingerprint density at radius 2 is 1.70 bits per heavy atom. The van der Waals surface area contributed by atoms with Crippen molar-refractivity contribution in [2.75, 3.05) is 16.9 Å². The largest absolute Gasteiger partial charge is 0.352 e. The number of rotatable bonds is 6. The maximum absolute atomic E-state index is 11.8. The smallest absolute Gasteiger partial charge is 0.232 e. The molecule has 154 valence electrons. The van der Waals surface area contributed by atoms with Gasteiger partial charge in [0.1, 0.15) is 0 Å². The first kappa shape index (κ1) is 21.3. The average molecular weight is 422 g/mol. The first-order chi connectivity index (χ1) is 14.2. The van der Waals surface area contributed by atoms with Crippen LogP contribution < -0.4 is 10.6 Å². The van der Waals surface area contributed by atoms with Crippen LogP contribution in [0.15, 0.2) is 53.4 Å². The number of aromatic nitrogens is 3. The van der Waals surface area contributed by atoms with Crippen LogP contribution in [0.3, 0.4) is 0 Å². The van der Waals surface area contributed by atoms with Crippen LogP contribution >= 0.6 is 0 Å². The molecule has 0 saturated heterocycles. The highest BCUT2D eigenvalue weighted by Crippen LogP contribution is 2.23. The van der Waals surface area contributed by atoms with Gasteiger partial charge in [-0.05, 0) is 51.1 Å². The predicted octanol–water partition coefficient (Wildman–Crippen LogP) is 3.88. The molecule has 0 fully saturated rings. The fraction of sp³-hybridized carbons (Fsp3) is 0.227. The van der Waals surface area contributed by atoms with Crippen molar-refractivity contribution in [3.63, 3.8) is 0 Å². The summed E-state index contributed by atoms with van der Waals surface area (Å²) in [4.78, 5) is 13.7. The third-order valence-electron chi connectivity index (χ3n) is 3.96. The van der Waals surface area contributed by atoms with Crippen molar-refractivity contribution in [2.24, 2.45) is 0 Å². The van der Waals surface area contributed by atoms with Crippen LogP contribution in [-0.2, 0) is 9.84 Å². The lowest BCUT2D eigenvalue weighted by atomic mass is 10.1. The minimum Gasteiger partial charge on any atom is -0.352 e. The molecule has 0 radical (unpaired) electrons. The van der Waals surface area contributed by atoms with Gasteiger partial charge in [-0.15, -0.1) is 5.92 Å². The molecule has 0 unspecified atom stereocenters. The second-order valence-electron chi connectivity index (χ2n) is 6.99. The Morgan fingerprint density at radius 3 is 2.40 bits per heavy atom. The van der Waals surface area contributed by atoms with E-state index in [-0.39, 0.29) is 10.9 Å². The Hall–Kier alpha value is -3.44. The monoisotopic (exact) mass is 421 g/mol. The molecule has 0 aliphatic heterocycles. The fourth-order valence-electron chi connectivity index (χ4n) is 2.70. The minimum atomic E-state index is -3.32. The second kappa shape index (κ2) is 8.93. The molecule has 2 N–H and O–H groups in total. The Kier molecular flexibility index (Phi) is 6.33. The number of nitrogens with zero attached hydrogens (tertiary/aromatic N) is 3. The van der Waals surface area contributed by atoms with E-state index in [1.165, 1.54) is 6.26 Å². The van der Waals surface area contributed by atoms with E-state index in [9.17, 15) is 8.42 Å². The lowest BCUT2D eigenvalue weighted by Crippen LogP contribution is -2.14. The summed E-state index contributed by atoms with van der Waals surface area (Å²) < 4.78 is 23.7. The van der Waals surface area contributed by atoms with E-state index in [2.05, 4.69) is 37.4 Å². The summed E-state index contributed by atoms with van der Waals surface area (Å²) in [5.41, 5.74) is 2.23. The molecule has 1 heterocycles. The van der Waals surface area contributed by atoms with Crippen molar-refractivity contribution in [3.8, 4) is 23.2 Å². The third-order valence-corrected chi connectivity index (χ3v) is 5.07. The van der Waals surface area contributed by atoms with Gasteiger partial charge in [0.2, 0.25) is 11.9 Å². The molecule has 0 aliphatic carbocycles. The number of sulfone groups is 1. The topological polar surface area (TPSA) is 96.9 Å². The normalized spacial score (nSPS) is 11.0. The lowest BCUT2D eigenvalue weighted by molar-refractivity contribution is 0.602. The van der Waals surface area contributed by atoms with E-state index in [1.54, 1.807) is 31.2 Å². The Balaban J connectivity index is 2.03. The van der Waals surface area contributed by atoms with Crippen LogP contribution in [0.4, 0.5) is 17.6 Å². The molecule has 2 aromatic carbocycles. The highest BCUT2D eigenvalue weighted by molar-refractivity contribution is 7.90. The molecule has 3 rings (SSSR count). The molecule has 1 aromatic heterocycles. The third kappa shape index (κ3) is 5.55. The summed E-state index contributed by atoms with van der Waals surface area (Å²) in [7, 11) is -3.32. The van der Waals surface area contributed by atoms with Gasteiger partial charge in [-0.2, -0.15) is 15.0 Å². The molecule has 8 heteroatoms. The van der Waals surface area contributed by atoms with Crippen LogP contribution in [0.1, 0.15) is 26.3 Å². The van der Waals surface area contributed by atoms with Crippen molar-refractivity contribution in [3.05, 3.63) is 54.1 Å². The van der Waals surface area contributed by atoms with Crippen LogP contribution in [0.5, 0.6) is 0 Å². The molecule has 0 spiro atoms. The number of benzene rings is 2. The fourth-order valence-corrected chi connectivity index (χ4v) is 3.36. The number of nitrogens with one attached hydrogen (secondary N) is 2. The molecule has 0 saturated carbocycles. The molecule has 0 bridgehead atoms. The molecule has 0 atom stereocenters. The first-order valence-electron chi connectivity index (χ1n) is 9.37. The quantitative estimate of drug-likeness (QED) is 0.583. The number of hydrogen-bond acceptors (Lipinski definition) is 7. The van der Waals surface area contributed by atoms with Gasteiger partial charge in [-0.1, -0.05) is 24.1 Å². The van der Waals surface area contributed by atoms with Gasteiger partial charge >= 0.3 is 0 Å². The van der Waals surface area contributed by atoms with Gasteiger partial charge in [0, 0.05) is 29.1 Å². The van der Waals surface area contributed by atoms with Crippen LogP contribution in [-0.4, -0.2) is 35.7 Å². The molecular weight excluding hydrogens is 398 g/mol. The molecule has 7 nitrogen and oxygen atoms in total. The summed E-state index contributed by atoms with van der Waals surface area (Å²) in [5.74, 6) is 7.12. The summed E-state index contributed by atoms with van der Waals surface area (Å²) >= 11 is 0. The van der Waals surface area contributed by atoms with E-state index >= 15 is 0 Å². The van der Waals surface area contributed by atoms with Crippen LogP contribution in [0.2, 0.25) is 0 Å². The van der Waals surface area contributed by atoms with E-state index in [4.69, 9.17) is 0 Å². The Labute approximate surface area is 176 Å². The highest BCUT2D eigenvalue weighted by Gasteiger charge is 2.12. The summed E-state index contributed by atoms with van der Waals surface area (Å²) in [6.07, 6.45) is 1.17. The van der Waals surface area contributed by atoms with Crippen molar-refractivity contribution in [2.45, 2.75) is 31.7 Å². The average Bonchev–Trinajstić information content (AvgIpc) is 2.67. The second-order valence-corrected chi connectivity index (χ2v) is 9.00. The number of anilines is 3. The minimum absolute atomic E-state index is 0.124. The Bertz CT molecular complexity index is 1230. The van der Waals surface area contributed by atoms with Gasteiger partial charge in [0.25, 0.3) is 0 Å². The van der Waals surface area contributed by atoms with Crippen molar-refractivity contribution in [1.29, 1.82) is 0 Å². The molecule has 3 aromatic rings. The van der Waals surface area contributed by atoms with E-state index in [1.807, 2.05) is 38.1 Å². The standard InChI is InChI=1S/C22H23N5O2S/c1-5-8-16-9-6-10-17(13-16)20-25-21(23-15(2)3)27-22(26-20)24-18-11-7-12-19(14-18)30(4,28)29/h6-7,9-15H,1-4H3,(H2,23,24,25,26,27).